The van der Waals surface area contributed by atoms with E-state index in [9.17, 15) is 9.59 Å². The van der Waals surface area contributed by atoms with Crippen LogP contribution in [0.2, 0.25) is 0 Å². The Morgan fingerprint density at radius 3 is 2.94 bits per heavy atom. The molecule has 1 amide bonds. The van der Waals surface area contributed by atoms with Gasteiger partial charge in [-0.15, -0.1) is 0 Å². The second-order valence-electron chi connectivity index (χ2n) is 2.89. The first-order valence-electron chi connectivity index (χ1n) is 4.39. The molecule has 1 rings (SSSR count). The van der Waals surface area contributed by atoms with Gasteiger partial charge in [-0.05, 0) is 6.92 Å². The van der Waals surface area contributed by atoms with Crippen LogP contribution in [0.3, 0.4) is 0 Å². The van der Waals surface area contributed by atoms with Gasteiger partial charge in [0.1, 0.15) is 12.2 Å². The number of nitrogens with one attached hydrogen (secondary N) is 2. The molecule has 86 valence electrons. The quantitative estimate of drug-likeness (QED) is 0.667. The van der Waals surface area contributed by atoms with Crippen LogP contribution in [-0.4, -0.2) is 34.0 Å². The molecule has 0 atom stereocenters. The van der Waals surface area contributed by atoms with Gasteiger partial charge in [-0.25, -0.2) is 9.59 Å². The summed E-state index contributed by atoms with van der Waals surface area (Å²) in [6, 6.07) is 0. The summed E-state index contributed by atoms with van der Waals surface area (Å²) in [4.78, 5) is 22.0. The van der Waals surface area contributed by atoms with Crippen LogP contribution in [-0.2, 0) is 4.74 Å². The molecule has 0 saturated carbocycles. The third-order valence-electron chi connectivity index (χ3n) is 1.71. The highest BCUT2D eigenvalue weighted by atomic mass is 16.5. The second kappa shape index (κ2) is 4.96. The minimum Gasteiger partial charge on any atom is -0.477 e. The van der Waals surface area contributed by atoms with Crippen LogP contribution in [0.15, 0.2) is 12.7 Å². The number of H-pyrrole nitrogens is 1. The molecule has 0 fully saturated rings. The van der Waals surface area contributed by atoms with E-state index in [-0.39, 0.29) is 18.0 Å². The number of carbonyl (C=O) groups excluding carboxylic acids is 1. The number of aromatic nitrogens is 2. The molecule has 1 aromatic heterocycles. The van der Waals surface area contributed by atoms with E-state index in [1.807, 2.05) is 0 Å². The van der Waals surface area contributed by atoms with Crippen molar-refractivity contribution in [3.05, 3.63) is 23.9 Å². The summed E-state index contributed by atoms with van der Waals surface area (Å²) in [6.07, 6.45) is 0.613. The lowest BCUT2D eigenvalue weighted by molar-refractivity contribution is 0.0697. The summed E-state index contributed by atoms with van der Waals surface area (Å²) in [5.74, 6) is -1.25. The van der Waals surface area contributed by atoms with E-state index in [0.717, 1.165) is 0 Å². The number of hydrogen-bond acceptors (Lipinski definition) is 4. The molecule has 0 radical (unpaired) electrons. The van der Waals surface area contributed by atoms with Gasteiger partial charge in [-0.3, -0.25) is 10.4 Å². The molecular formula is C9H11N3O4. The minimum atomic E-state index is -1.18. The van der Waals surface area contributed by atoms with E-state index in [4.69, 9.17) is 5.11 Å². The van der Waals surface area contributed by atoms with Crippen LogP contribution in [0.5, 0.6) is 0 Å². The summed E-state index contributed by atoms with van der Waals surface area (Å²) in [6.45, 7) is 4.95. The van der Waals surface area contributed by atoms with Gasteiger partial charge in [0.25, 0.3) is 0 Å². The first-order valence-corrected chi connectivity index (χ1v) is 4.39. The summed E-state index contributed by atoms with van der Waals surface area (Å²) in [7, 11) is 0. The molecule has 7 heteroatoms. The Bertz CT molecular complexity index is 424. The molecule has 16 heavy (non-hydrogen) atoms. The summed E-state index contributed by atoms with van der Waals surface area (Å²) < 4.78 is 4.62. The largest absolute Gasteiger partial charge is 0.477 e. The van der Waals surface area contributed by atoms with Crippen LogP contribution in [0.1, 0.15) is 16.1 Å². The van der Waals surface area contributed by atoms with Gasteiger partial charge in [0.05, 0.1) is 0 Å². The fourth-order valence-electron chi connectivity index (χ4n) is 1.05. The van der Waals surface area contributed by atoms with Gasteiger partial charge in [-0.1, -0.05) is 12.7 Å². The van der Waals surface area contributed by atoms with E-state index in [1.54, 1.807) is 0 Å². The number of carboxylic acids is 1. The van der Waals surface area contributed by atoms with Gasteiger partial charge in [0, 0.05) is 5.69 Å². The number of aryl methyl sites for hydroxylation is 1. The van der Waals surface area contributed by atoms with Gasteiger partial charge in [0.15, 0.2) is 5.82 Å². The molecule has 0 saturated heterocycles. The SMILES string of the molecule is C=CCOC(=O)Nc1n[nH]c(C)c1C(=O)O. The number of carbonyl (C=O) groups is 2. The topological polar surface area (TPSA) is 104 Å². The summed E-state index contributed by atoms with van der Waals surface area (Å²) >= 11 is 0. The van der Waals surface area contributed by atoms with Crippen molar-refractivity contribution in [2.24, 2.45) is 0 Å². The number of hydrogen-bond donors (Lipinski definition) is 3. The van der Waals surface area contributed by atoms with Crippen LogP contribution in [0.4, 0.5) is 10.6 Å². The van der Waals surface area contributed by atoms with Crippen molar-refractivity contribution in [3.8, 4) is 0 Å². The molecule has 7 nitrogen and oxygen atoms in total. The Morgan fingerprint density at radius 2 is 2.38 bits per heavy atom. The molecule has 0 aliphatic rings. The number of amides is 1. The van der Waals surface area contributed by atoms with Crippen molar-refractivity contribution >= 4 is 17.9 Å². The Balaban J connectivity index is 2.77. The molecule has 0 aliphatic heterocycles. The number of aromatic carboxylic acids is 1. The highest BCUT2D eigenvalue weighted by molar-refractivity contribution is 5.98. The predicted molar refractivity (Wildman–Crippen MR) is 55.5 cm³/mol. The average Bonchev–Trinajstić information content (AvgIpc) is 2.56. The number of rotatable bonds is 4. The van der Waals surface area contributed by atoms with Crippen molar-refractivity contribution in [2.75, 3.05) is 11.9 Å². The van der Waals surface area contributed by atoms with Gasteiger partial charge < -0.3 is 9.84 Å². The van der Waals surface area contributed by atoms with Crippen LogP contribution < -0.4 is 5.32 Å². The molecule has 0 aromatic carbocycles. The predicted octanol–water partition coefficient (Wildman–Crippen LogP) is 1.15. The smallest absolute Gasteiger partial charge is 0.413 e. The van der Waals surface area contributed by atoms with Crippen LogP contribution in [0, 0.1) is 6.92 Å². The molecule has 3 N–H and O–H groups in total. The molecule has 0 aliphatic carbocycles. The van der Waals surface area contributed by atoms with Gasteiger partial charge in [0.2, 0.25) is 0 Å². The Labute approximate surface area is 91.1 Å². The Morgan fingerprint density at radius 1 is 1.69 bits per heavy atom. The van der Waals surface area contributed by atoms with E-state index < -0.39 is 12.1 Å². The van der Waals surface area contributed by atoms with Crippen molar-refractivity contribution in [1.29, 1.82) is 0 Å². The maximum absolute atomic E-state index is 11.1. The second-order valence-corrected chi connectivity index (χ2v) is 2.89. The van der Waals surface area contributed by atoms with Gasteiger partial charge in [-0.2, -0.15) is 5.10 Å². The lowest BCUT2D eigenvalue weighted by atomic mass is 10.2. The van der Waals surface area contributed by atoms with Crippen molar-refractivity contribution in [3.63, 3.8) is 0 Å². The van der Waals surface area contributed by atoms with E-state index in [0.29, 0.717) is 5.69 Å². The Hall–Kier alpha value is -2.31. The third kappa shape index (κ3) is 2.59. The standard InChI is InChI=1S/C9H11N3O4/c1-3-4-16-9(15)10-7-6(8(13)14)5(2)11-12-7/h3H,1,4H2,2H3,(H,13,14)(H2,10,11,12,15). The van der Waals surface area contributed by atoms with Crippen molar-refractivity contribution < 1.29 is 19.4 Å². The summed E-state index contributed by atoms with van der Waals surface area (Å²) in [5, 5.41) is 17.2. The zero-order valence-electron chi connectivity index (χ0n) is 8.61. The molecule has 0 bridgehead atoms. The number of ether oxygens (including phenoxy) is 1. The number of carboxylic acid groups (broad SMARTS) is 1. The minimum absolute atomic E-state index is 0.0393. The zero-order chi connectivity index (χ0) is 12.1. The summed E-state index contributed by atoms with van der Waals surface area (Å²) in [5.41, 5.74) is 0.266. The fraction of sp³-hybridized carbons (Fsp3) is 0.222. The van der Waals surface area contributed by atoms with E-state index in [1.165, 1.54) is 13.0 Å². The molecule has 0 spiro atoms. The molecule has 0 unspecified atom stereocenters. The third-order valence-corrected chi connectivity index (χ3v) is 1.71. The highest BCUT2D eigenvalue weighted by Crippen LogP contribution is 2.15. The number of aromatic amines is 1. The maximum Gasteiger partial charge on any atom is 0.413 e. The monoisotopic (exact) mass is 225 g/mol. The first kappa shape index (κ1) is 11.8. The van der Waals surface area contributed by atoms with Crippen LogP contribution in [0.25, 0.3) is 0 Å². The van der Waals surface area contributed by atoms with E-state index in [2.05, 4.69) is 26.8 Å². The van der Waals surface area contributed by atoms with Crippen molar-refractivity contribution in [2.45, 2.75) is 6.92 Å². The lowest BCUT2D eigenvalue weighted by Crippen LogP contribution is -2.16. The molecule has 1 heterocycles. The number of anilines is 1. The molecular weight excluding hydrogens is 214 g/mol. The Kier molecular flexibility index (Phi) is 3.65. The normalized spacial score (nSPS) is 9.56. The fourth-order valence-corrected chi connectivity index (χ4v) is 1.05. The molecule has 1 aromatic rings. The number of nitrogens with zero attached hydrogens (tertiary/aromatic N) is 1. The average molecular weight is 225 g/mol. The first-order chi connectivity index (χ1) is 7.56. The van der Waals surface area contributed by atoms with Crippen LogP contribution >= 0.6 is 0 Å². The zero-order valence-corrected chi connectivity index (χ0v) is 8.61. The van der Waals surface area contributed by atoms with Gasteiger partial charge >= 0.3 is 12.1 Å². The lowest BCUT2D eigenvalue weighted by Gasteiger charge is -2.02. The maximum atomic E-state index is 11.1. The highest BCUT2D eigenvalue weighted by Gasteiger charge is 2.19. The van der Waals surface area contributed by atoms with E-state index >= 15 is 0 Å². The van der Waals surface area contributed by atoms with Crippen molar-refractivity contribution in [1.82, 2.24) is 10.2 Å².